The summed E-state index contributed by atoms with van der Waals surface area (Å²) in [5, 5.41) is 3.61. The second kappa shape index (κ2) is 6.58. The maximum Gasteiger partial charge on any atom is 0.0220 e. The highest BCUT2D eigenvalue weighted by Gasteiger charge is 2.33. The third-order valence-corrected chi connectivity index (χ3v) is 5.54. The summed E-state index contributed by atoms with van der Waals surface area (Å²) in [6.45, 7) is 11.1. The first kappa shape index (κ1) is 15.3. The van der Waals surface area contributed by atoms with Crippen molar-refractivity contribution in [3.63, 3.8) is 0 Å². The summed E-state index contributed by atoms with van der Waals surface area (Å²) >= 11 is 0. The van der Waals surface area contributed by atoms with Crippen LogP contribution in [0.3, 0.4) is 0 Å². The van der Waals surface area contributed by atoms with E-state index >= 15 is 0 Å². The standard InChI is InChI=1S/C17H34N2/c1-17(2,3)15-10-11-19(12-15)13-16(18-4)14-8-6-5-7-9-14/h14-16,18H,5-13H2,1-4H3. The lowest BCUT2D eigenvalue weighted by Crippen LogP contribution is -2.44. The minimum atomic E-state index is 0.481. The number of likely N-dealkylation sites (N-methyl/N-ethyl adjacent to an activating group) is 1. The van der Waals surface area contributed by atoms with Crippen molar-refractivity contribution in [3.8, 4) is 0 Å². The lowest BCUT2D eigenvalue weighted by atomic mass is 9.80. The molecule has 2 aliphatic rings. The topological polar surface area (TPSA) is 15.3 Å². The average molecular weight is 266 g/mol. The number of likely N-dealkylation sites (tertiary alicyclic amines) is 1. The largest absolute Gasteiger partial charge is 0.315 e. The molecule has 112 valence electrons. The number of hydrogen-bond acceptors (Lipinski definition) is 2. The molecule has 2 rings (SSSR count). The van der Waals surface area contributed by atoms with Gasteiger partial charge in [-0.15, -0.1) is 0 Å². The zero-order valence-electron chi connectivity index (χ0n) is 13.5. The quantitative estimate of drug-likeness (QED) is 0.837. The fraction of sp³-hybridized carbons (Fsp3) is 1.00. The minimum Gasteiger partial charge on any atom is -0.315 e. The van der Waals surface area contributed by atoms with Gasteiger partial charge < -0.3 is 10.2 Å². The highest BCUT2D eigenvalue weighted by molar-refractivity contribution is 4.88. The third-order valence-electron chi connectivity index (χ3n) is 5.54. The summed E-state index contributed by atoms with van der Waals surface area (Å²) in [7, 11) is 2.16. The molecular formula is C17H34N2. The Kier molecular flexibility index (Phi) is 5.30. The molecule has 1 saturated heterocycles. The number of nitrogens with one attached hydrogen (secondary N) is 1. The Bertz CT molecular complexity index is 263. The van der Waals surface area contributed by atoms with Gasteiger partial charge in [-0.2, -0.15) is 0 Å². The van der Waals surface area contributed by atoms with Crippen LogP contribution in [0.4, 0.5) is 0 Å². The SMILES string of the molecule is CNC(CN1CCC(C(C)(C)C)C1)C1CCCCC1. The predicted octanol–water partition coefficient (Wildman–Crippen LogP) is 3.52. The molecule has 2 nitrogen and oxygen atoms in total. The summed E-state index contributed by atoms with van der Waals surface area (Å²) < 4.78 is 0. The lowest BCUT2D eigenvalue weighted by Gasteiger charge is -2.33. The van der Waals surface area contributed by atoms with E-state index in [0.717, 1.165) is 17.9 Å². The van der Waals surface area contributed by atoms with Gasteiger partial charge in [0.1, 0.15) is 0 Å². The van der Waals surface area contributed by atoms with Crippen LogP contribution in [-0.2, 0) is 0 Å². The van der Waals surface area contributed by atoms with Gasteiger partial charge in [-0.3, -0.25) is 0 Å². The molecule has 19 heavy (non-hydrogen) atoms. The van der Waals surface area contributed by atoms with Crippen molar-refractivity contribution < 1.29 is 0 Å². The van der Waals surface area contributed by atoms with Gasteiger partial charge in [0, 0.05) is 19.1 Å². The van der Waals surface area contributed by atoms with Crippen LogP contribution in [0.15, 0.2) is 0 Å². The van der Waals surface area contributed by atoms with Crippen LogP contribution in [0.5, 0.6) is 0 Å². The van der Waals surface area contributed by atoms with Crippen molar-refractivity contribution in [1.29, 1.82) is 0 Å². The van der Waals surface area contributed by atoms with Gasteiger partial charge in [0.15, 0.2) is 0 Å². The molecular weight excluding hydrogens is 232 g/mol. The summed E-state index contributed by atoms with van der Waals surface area (Å²) in [5.41, 5.74) is 0.481. The van der Waals surface area contributed by atoms with E-state index in [1.165, 1.54) is 58.2 Å². The molecule has 2 atom stereocenters. The zero-order chi connectivity index (χ0) is 13.9. The molecule has 2 fully saturated rings. The van der Waals surface area contributed by atoms with E-state index in [1.54, 1.807) is 0 Å². The van der Waals surface area contributed by atoms with Crippen molar-refractivity contribution >= 4 is 0 Å². The van der Waals surface area contributed by atoms with Gasteiger partial charge in [-0.1, -0.05) is 40.0 Å². The normalized spacial score (nSPS) is 28.7. The van der Waals surface area contributed by atoms with E-state index in [4.69, 9.17) is 0 Å². The van der Waals surface area contributed by atoms with Crippen LogP contribution in [0.2, 0.25) is 0 Å². The summed E-state index contributed by atoms with van der Waals surface area (Å²) in [6, 6.07) is 0.721. The van der Waals surface area contributed by atoms with E-state index < -0.39 is 0 Å². The second-order valence-corrected chi connectivity index (χ2v) is 7.90. The van der Waals surface area contributed by atoms with Crippen LogP contribution in [0.25, 0.3) is 0 Å². The molecule has 1 aliphatic heterocycles. The molecule has 0 aromatic carbocycles. The maximum absolute atomic E-state index is 3.61. The fourth-order valence-electron chi connectivity index (χ4n) is 4.00. The smallest absolute Gasteiger partial charge is 0.0220 e. The molecule has 2 heteroatoms. The first-order chi connectivity index (χ1) is 9.00. The monoisotopic (exact) mass is 266 g/mol. The first-order valence-corrected chi connectivity index (χ1v) is 8.40. The van der Waals surface area contributed by atoms with E-state index in [2.05, 4.69) is 38.0 Å². The number of nitrogens with zero attached hydrogens (tertiary/aromatic N) is 1. The third kappa shape index (κ3) is 4.19. The Morgan fingerprint density at radius 1 is 1.11 bits per heavy atom. The van der Waals surface area contributed by atoms with Gasteiger partial charge in [-0.05, 0) is 50.1 Å². The Morgan fingerprint density at radius 3 is 2.32 bits per heavy atom. The second-order valence-electron chi connectivity index (χ2n) is 7.90. The Labute approximate surface area is 120 Å². The molecule has 2 unspecified atom stereocenters. The molecule has 0 radical (unpaired) electrons. The van der Waals surface area contributed by atoms with E-state index in [0.29, 0.717) is 5.41 Å². The zero-order valence-corrected chi connectivity index (χ0v) is 13.5. The van der Waals surface area contributed by atoms with Crippen molar-refractivity contribution in [2.75, 3.05) is 26.7 Å². The lowest BCUT2D eigenvalue weighted by molar-refractivity contribution is 0.189. The van der Waals surface area contributed by atoms with Gasteiger partial charge in [0.05, 0.1) is 0 Å². The van der Waals surface area contributed by atoms with Crippen LogP contribution in [0.1, 0.15) is 59.3 Å². The number of hydrogen-bond donors (Lipinski definition) is 1. The molecule has 0 amide bonds. The highest BCUT2D eigenvalue weighted by Crippen LogP contribution is 2.34. The molecule has 0 spiro atoms. The Balaban J connectivity index is 1.82. The van der Waals surface area contributed by atoms with Crippen molar-refractivity contribution in [2.24, 2.45) is 17.3 Å². The average Bonchev–Trinajstić information content (AvgIpc) is 2.85. The maximum atomic E-state index is 3.61. The van der Waals surface area contributed by atoms with Crippen LogP contribution in [-0.4, -0.2) is 37.6 Å². The van der Waals surface area contributed by atoms with E-state index in [9.17, 15) is 0 Å². The van der Waals surface area contributed by atoms with E-state index in [1.807, 2.05) is 0 Å². The van der Waals surface area contributed by atoms with Gasteiger partial charge >= 0.3 is 0 Å². The summed E-state index contributed by atoms with van der Waals surface area (Å²) in [5.74, 6) is 1.81. The molecule has 1 aliphatic carbocycles. The molecule has 0 aromatic heterocycles. The van der Waals surface area contributed by atoms with Crippen LogP contribution < -0.4 is 5.32 Å². The van der Waals surface area contributed by atoms with Gasteiger partial charge in [-0.25, -0.2) is 0 Å². The Morgan fingerprint density at radius 2 is 1.79 bits per heavy atom. The number of rotatable bonds is 4. The fourth-order valence-corrected chi connectivity index (χ4v) is 4.00. The first-order valence-electron chi connectivity index (χ1n) is 8.40. The van der Waals surface area contributed by atoms with Crippen molar-refractivity contribution in [3.05, 3.63) is 0 Å². The predicted molar refractivity (Wildman–Crippen MR) is 83.4 cm³/mol. The van der Waals surface area contributed by atoms with E-state index in [-0.39, 0.29) is 0 Å². The summed E-state index contributed by atoms with van der Waals surface area (Å²) in [4.78, 5) is 2.71. The molecule has 1 saturated carbocycles. The molecule has 0 aromatic rings. The van der Waals surface area contributed by atoms with Crippen molar-refractivity contribution in [2.45, 2.75) is 65.3 Å². The molecule has 1 N–H and O–H groups in total. The van der Waals surface area contributed by atoms with Crippen LogP contribution in [0, 0.1) is 17.3 Å². The van der Waals surface area contributed by atoms with Gasteiger partial charge in [0.2, 0.25) is 0 Å². The molecule has 1 heterocycles. The van der Waals surface area contributed by atoms with Crippen molar-refractivity contribution in [1.82, 2.24) is 10.2 Å². The molecule has 0 bridgehead atoms. The minimum absolute atomic E-state index is 0.481. The van der Waals surface area contributed by atoms with Crippen LogP contribution >= 0.6 is 0 Å². The Hall–Kier alpha value is -0.0800. The highest BCUT2D eigenvalue weighted by atomic mass is 15.2. The van der Waals surface area contributed by atoms with Gasteiger partial charge in [0.25, 0.3) is 0 Å². The summed E-state index contributed by atoms with van der Waals surface area (Å²) in [6.07, 6.45) is 8.65.